The van der Waals surface area contributed by atoms with E-state index in [9.17, 15) is 4.79 Å². The van der Waals surface area contributed by atoms with Gasteiger partial charge in [-0.25, -0.2) is 0 Å². The highest BCUT2D eigenvalue weighted by molar-refractivity contribution is 5.76. The molecule has 2 nitrogen and oxygen atoms in total. The minimum Gasteiger partial charge on any atom is -0.426 e. The molecule has 1 unspecified atom stereocenters. The lowest BCUT2D eigenvalue weighted by Crippen LogP contribution is -2.20. The third-order valence-electron chi connectivity index (χ3n) is 3.10. The fraction of sp³-hybridized carbons (Fsp3) is 0.500. The summed E-state index contributed by atoms with van der Waals surface area (Å²) in [5.41, 5.74) is 2.58. The molecule has 1 aromatic carbocycles. The molecule has 0 N–H and O–H groups in total. The van der Waals surface area contributed by atoms with E-state index in [1.165, 1.54) is 5.56 Å². The number of benzene rings is 1. The summed E-state index contributed by atoms with van der Waals surface area (Å²) in [6.07, 6.45) is 0.487. The Morgan fingerprint density at radius 1 is 1.31 bits per heavy atom. The van der Waals surface area contributed by atoms with Crippen molar-refractivity contribution in [3.05, 3.63) is 29.3 Å². The third-order valence-corrected chi connectivity index (χ3v) is 3.10. The Morgan fingerprint density at radius 2 is 2.00 bits per heavy atom. The van der Waals surface area contributed by atoms with E-state index < -0.39 is 0 Å². The van der Waals surface area contributed by atoms with Crippen LogP contribution in [0.3, 0.4) is 0 Å². The van der Waals surface area contributed by atoms with Crippen molar-refractivity contribution in [2.45, 2.75) is 45.4 Å². The lowest BCUT2D eigenvalue weighted by molar-refractivity contribution is -0.135. The number of fused-ring (bicyclic) bond motifs is 1. The van der Waals surface area contributed by atoms with Gasteiger partial charge in [0.2, 0.25) is 0 Å². The van der Waals surface area contributed by atoms with E-state index in [2.05, 4.69) is 33.8 Å². The van der Waals surface area contributed by atoms with Crippen LogP contribution >= 0.6 is 0 Å². The van der Waals surface area contributed by atoms with Crippen LogP contribution in [0.1, 0.15) is 51.2 Å². The normalized spacial score (nSPS) is 20.2. The van der Waals surface area contributed by atoms with Gasteiger partial charge in [-0.1, -0.05) is 39.8 Å². The van der Waals surface area contributed by atoms with Crippen LogP contribution in [-0.2, 0) is 10.2 Å². The van der Waals surface area contributed by atoms with Crippen LogP contribution in [0.4, 0.5) is 0 Å². The molecule has 0 bridgehead atoms. The maximum Gasteiger partial charge on any atom is 0.311 e. The topological polar surface area (TPSA) is 26.3 Å². The minimum atomic E-state index is -0.122. The van der Waals surface area contributed by atoms with E-state index in [0.717, 1.165) is 11.3 Å². The molecule has 0 saturated heterocycles. The summed E-state index contributed by atoms with van der Waals surface area (Å²) in [5, 5.41) is 0. The molecule has 16 heavy (non-hydrogen) atoms. The monoisotopic (exact) mass is 218 g/mol. The Labute approximate surface area is 96.6 Å². The maximum absolute atomic E-state index is 11.3. The summed E-state index contributed by atoms with van der Waals surface area (Å²) in [6.45, 7) is 8.64. The molecule has 2 heteroatoms. The SMILES string of the molecule is CC1CC(=O)Oc2ccc(C(C)(C)C)cc21. The van der Waals surface area contributed by atoms with Gasteiger partial charge in [0.1, 0.15) is 5.75 Å². The predicted molar refractivity (Wildman–Crippen MR) is 63.8 cm³/mol. The zero-order chi connectivity index (χ0) is 11.9. The number of carbonyl (C=O) groups is 1. The molecular formula is C14H18O2. The number of carbonyl (C=O) groups excluding carboxylic acids is 1. The first-order valence-corrected chi connectivity index (χ1v) is 5.73. The zero-order valence-corrected chi connectivity index (χ0v) is 10.3. The Hall–Kier alpha value is -1.31. The van der Waals surface area contributed by atoms with Gasteiger partial charge < -0.3 is 4.74 Å². The van der Waals surface area contributed by atoms with E-state index in [-0.39, 0.29) is 17.3 Å². The molecule has 0 radical (unpaired) electrons. The molecule has 0 saturated carbocycles. The fourth-order valence-electron chi connectivity index (χ4n) is 2.02. The van der Waals surface area contributed by atoms with Gasteiger partial charge in [-0.05, 0) is 28.5 Å². The first-order valence-electron chi connectivity index (χ1n) is 5.73. The predicted octanol–water partition coefficient (Wildman–Crippen LogP) is 3.40. The highest BCUT2D eigenvalue weighted by atomic mass is 16.5. The Morgan fingerprint density at radius 3 is 2.62 bits per heavy atom. The molecule has 0 aromatic heterocycles. The van der Waals surface area contributed by atoms with Crippen LogP contribution in [0.2, 0.25) is 0 Å². The summed E-state index contributed by atoms with van der Waals surface area (Å²) >= 11 is 0. The highest BCUT2D eigenvalue weighted by Gasteiger charge is 2.25. The van der Waals surface area contributed by atoms with Crippen LogP contribution < -0.4 is 4.74 Å². The van der Waals surface area contributed by atoms with Crippen molar-refractivity contribution in [1.82, 2.24) is 0 Å². The fourth-order valence-corrected chi connectivity index (χ4v) is 2.02. The lowest BCUT2D eigenvalue weighted by atomic mass is 9.83. The van der Waals surface area contributed by atoms with Crippen molar-refractivity contribution in [3.63, 3.8) is 0 Å². The van der Waals surface area contributed by atoms with Crippen molar-refractivity contribution < 1.29 is 9.53 Å². The standard InChI is InChI=1S/C14H18O2/c1-9-7-13(15)16-12-6-5-10(8-11(9)12)14(2,3)4/h5-6,8-9H,7H2,1-4H3. The van der Waals surface area contributed by atoms with Crippen molar-refractivity contribution in [3.8, 4) is 5.75 Å². The third kappa shape index (κ3) is 1.97. The minimum absolute atomic E-state index is 0.122. The number of esters is 1. The molecule has 1 aromatic rings. The molecular weight excluding hydrogens is 200 g/mol. The number of rotatable bonds is 0. The zero-order valence-electron chi connectivity index (χ0n) is 10.3. The molecule has 1 heterocycles. The first-order chi connectivity index (χ1) is 7.38. The second-order valence-corrected chi connectivity index (χ2v) is 5.58. The molecule has 1 aliphatic heterocycles. The smallest absolute Gasteiger partial charge is 0.311 e. The van der Waals surface area contributed by atoms with Crippen LogP contribution in [0.15, 0.2) is 18.2 Å². The number of ether oxygens (including phenoxy) is 1. The quantitative estimate of drug-likeness (QED) is 0.493. The maximum atomic E-state index is 11.3. The van der Waals surface area contributed by atoms with Gasteiger partial charge >= 0.3 is 5.97 Å². The van der Waals surface area contributed by atoms with Crippen molar-refractivity contribution >= 4 is 5.97 Å². The average molecular weight is 218 g/mol. The van der Waals surface area contributed by atoms with Crippen LogP contribution in [0.25, 0.3) is 0 Å². The van der Waals surface area contributed by atoms with Gasteiger partial charge in [-0.3, -0.25) is 4.79 Å². The van der Waals surface area contributed by atoms with Crippen LogP contribution in [0.5, 0.6) is 5.75 Å². The molecule has 1 aliphatic rings. The Kier molecular flexibility index (Phi) is 2.53. The van der Waals surface area contributed by atoms with Gasteiger partial charge in [-0.15, -0.1) is 0 Å². The summed E-state index contributed by atoms with van der Waals surface area (Å²) in [5.74, 6) is 0.874. The molecule has 0 amide bonds. The summed E-state index contributed by atoms with van der Waals surface area (Å²) < 4.78 is 5.23. The summed E-state index contributed by atoms with van der Waals surface area (Å²) in [4.78, 5) is 11.3. The van der Waals surface area contributed by atoms with E-state index in [4.69, 9.17) is 4.74 Å². The molecule has 0 aliphatic carbocycles. The Balaban J connectivity index is 2.46. The van der Waals surface area contributed by atoms with Crippen molar-refractivity contribution in [1.29, 1.82) is 0 Å². The number of hydrogen-bond donors (Lipinski definition) is 0. The van der Waals surface area contributed by atoms with Gasteiger partial charge in [0.15, 0.2) is 0 Å². The molecule has 0 fully saturated rings. The van der Waals surface area contributed by atoms with Gasteiger partial charge in [0, 0.05) is 0 Å². The molecule has 2 rings (SSSR count). The van der Waals surface area contributed by atoms with Gasteiger partial charge in [0.05, 0.1) is 6.42 Å². The van der Waals surface area contributed by atoms with Crippen molar-refractivity contribution in [2.24, 2.45) is 0 Å². The van der Waals surface area contributed by atoms with E-state index in [0.29, 0.717) is 6.42 Å². The van der Waals surface area contributed by atoms with E-state index in [1.54, 1.807) is 0 Å². The Bertz CT molecular complexity index is 427. The van der Waals surface area contributed by atoms with Gasteiger partial charge in [-0.2, -0.15) is 0 Å². The van der Waals surface area contributed by atoms with Crippen molar-refractivity contribution in [2.75, 3.05) is 0 Å². The van der Waals surface area contributed by atoms with E-state index >= 15 is 0 Å². The highest BCUT2D eigenvalue weighted by Crippen LogP contribution is 2.36. The molecule has 1 atom stereocenters. The molecule has 86 valence electrons. The lowest BCUT2D eigenvalue weighted by Gasteiger charge is -2.25. The summed E-state index contributed by atoms with van der Waals surface area (Å²) in [6, 6.07) is 6.14. The second kappa shape index (κ2) is 3.62. The average Bonchev–Trinajstić information content (AvgIpc) is 2.15. The van der Waals surface area contributed by atoms with Gasteiger partial charge in [0.25, 0.3) is 0 Å². The summed E-state index contributed by atoms with van der Waals surface area (Å²) in [7, 11) is 0. The number of hydrogen-bond acceptors (Lipinski definition) is 2. The van der Waals surface area contributed by atoms with Crippen LogP contribution in [-0.4, -0.2) is 5.97 Å². The second-order valence-electron chi connectivity index (χ2n) is 5.58. The first kappa shape index (κ1) is 11.2. The largest absolute Gasteiger partial charge is 0.426 e. The molecule has 0 spiro atoms. The van der Waals surface area contributed by atoms with Crippen LogP contribution in [0, 0.1) is 0 Å². The van der Waals surface area contributed by atoms with E-state index in [1.807, 2.05) is 12.1 Å².